The fourth-order valence-electron chi connectivity index (χ4n) is 1.72. The number of carbonyl (C=O) groups is 3. The van der Waals surface area contributed by atoms with Crippen LogP contribution in [-0.2, 0) is 0 Å². The van der Waals surface area contributed by atoms with Crippen LogP contribution in [0.25, 0.3) is 0 Å². The summed E-state index contributed by atoms with van der Waals surface area (Å²) in [4.78, 5) is 37.0. The highest BCUT2D eigenvalue weighted by Gasteiger charge is 2.11. The van der Waals surface area contributed by atoms with Crippen LogP contribution in [0.5, 0.6) is 0 Å². The highest BCUT2D eigenvalue weighted by atomic mass is 16.2. The maximum absolute atomic E-state index is 11.9. The Morgan fingerprint density at radius 2 is 1.55 bits per heavy atom. The number of nitrogens with one attached hydrogen (secondary N) is 2. The van der Waals surface area contributed by atoms with Crippen LogP contribution in [0.2, 0.25) is 0 Å². The number of carbonyl (C=O) groups excluding carboxylic acids is 3. The van der Waals surface area contributed by atoms with E-state index in [2.05, 4.69) is 10.3 Å². The Morgan fingerprint density at radius 1 is 0.950 bits per heavy atom. The number of rotatable bonds is 4. The molecule has 1 aromatic carbocycles. The van der Waals surface area contributed by atoms with Crippen molar-refractivity contribution in [1.29, 1.82) is 0 Å². The minimum atomic E-state index is -0.340. The van der Waals surface area contributed by atoms with E-state index in [-0.39, 0.29) is 17.5 Å². The van der Waals surface area contributed by atoms with Crippen molar-refractivity contribution >= 4 is 23.2 Å². The average Bonchev–Trinajstić information content (AvgIpc) is 2.89. The van der Waals surface area contributed by atoms with Crippen LogP contribution in [0.4, 0.5) is 5.69 Å². The molecule has 1 aromatic heterocycles. The zero-order chi connectivity index (χ0) is 14.7. The molecule has 2 N–H and O–H groups in total. The number of hydrogen-bond donors (Lipinski definition) is 2. The SMILES string of the molecule is CC(=O)c1ccc(NC(=O)c2cc(C(C)=O)c[nH]2)cc1. The standard InChI is InChI=1S/C15H14N2O3/c1-9(18)11-3-5-13(6-4-11)17-15(20)14-7-12(8-16-14)10(2)19/h3-8,16H,1-2H3,(H,17,20). The first-order chi connectivity index (χ1) is 9.47. The van der Waals surface area contributed by atoms with Gasteiger partial charge in [0.2, 0.25) is 0 Å². The Labute approximate surface area is 116 Å². The van der Waals surface area contributed by atoms with Crippen molar-refractivity contribution in [2.24, 2.45) is 0 Å². The van der Waals surface area contributed by atoms with E-state index in [9.17, 15) is 14.4 Å². The smallest absolute Gasteiger partial charge is 0.272 e. The lowest BCUT2D eigenvalue weighted by atomic mass is 10.1. The van der Waals surface area contributed by atoms with Crippen molar-refractivity contribution in [2.45, 2.75) is 13.8 Å². The van der Waals surface area contributed by atoms with Crippen molar-refractivity contribution in [1.82, 2.24) is 4.98 Å². The highest BCUT2D eigenvalue weighted by Crippen LogP contribution is 2.12. The molecule has 0 bridgehead atoms. The number of anilines is 1. The van der Waals surface area contributed by atoms with Gasteiger partial charge >= 0.3 is 0 Å². The molecule has 0 saturated heterocycles. The topological polar surface area (TPSA) is 79.0 Å². The van der Waals surface area contributed by atoms with Crippen molar-refractivity contribution in [3.8, 4) is 0 Å². The normalized spacial score (nSPS) is 10.1. The summed E-state index contributed by atoms with van der Waals surface area (Å²) in [7, 11) is 0. The molecule has 1 heterocycles. The Balaban J connectivity index is 2.10. The maximum atomic E-state index is 11.9. The van der Waals surface area contributed by atoms with E-state index in [1.54, 1.807) is 24.3 Å². The molecular formula is C15H14N2O3. The minimum absolute atomic E-state index is 0.0293. The quantitative estimate of drug-likeness (QED) is 0.838. The van der Waals surface area contributed by atoms with Crippen molar-refractivity contribution in [3.05, 3.63) is 53.3 Å². The van der Waals surface area contributed by atoms with Gasteiger partial charge in [-0.15, -0.1) is 0 Å². The molecule has 0 aliphatic carbocycles. The monoisotopic (exact) mass is 270 g/mol. The van der Waals surface area contributed by atoms with Gasteiger partial charge in [0.1, 0.15) is 5.69 Å². The lowest BCUT2D eigenvalue weighted by Crippen LogP contribution is -2.12. The number of amides is 1. The van der Waals surface area contributed by atoms with Gasteiger partial charge < -0.3 is 10.3 Å². The second kappa shape index (κ2) is 5.52. The summed E-state index contributed by atoms with van der Waals surface area (Å²) in [6.45, 7) is 2.92. The molecule has 5 nitrogen and oxygen atoms in total. The molecule has 0 aliphatic heterocycles. The molecule has 1 amide bonds. The van der Waals surface area contributed by atoms with Gasteiger partial charge in [-0.25, -0.2) is 0 Å². The van der Waals surface area contributed by atoms with Gasteiger partial charge in [0, 0.05) is 23.0 Å². The van der Waals surface area contributed by atoms with Crippen LogP contribution in [-0.4, -0.2) is 22.5 Å². The van der Waals surface area contributed by atoms with Gasteiger partial charge in [0.05, 0.1) is 0 Å². The maximum Gasteiger partial charge on any atom is 0.272 e. The summed E-state index contributed by atoms with van der Waals surface area (Å²) < 4.78 is 0. The van der Waals surface area contributed by atoms with Gasteiger partial charge in [-0.1, -0.05) is 0 Å². The second-order valence-electron chi connectivity index (χ2n) is 4.45. The van der Waals surface area contributed by atoms with Crippen LogP contribution in [0.3, 0.4) is 0 Å². The Morgan fingerprint density at radius 3 is 2.05 bits per heavy atom. The first-order valence-corrected chi connectivity index (χ1v) is 6.09. The van der Waals surface area contributed by atoms with Gasteiger partial charge in [0.15, 0.2) is 11.6 Å². The predicted octanol–water partition coefficient (Wildman–Crippen LogP) is 2.67. The van der Waals surface area contributed by atoms with Gasteiger partial charge in [0.25, 0.3) is 5.91 Å². The zero-order valence-corrected chi connectivity index (χ0v) is 11.2. The van der Waals surface area contributed by atoms with E-state index in [4.69, 9.17) is 0 Å². The molecule has 2 rings (SSSR count). The molecule has 0 fully saturated rings. The largest absolute Gasteiger partial charge is 0.356 e. The molecule has 0 unspecified atom stereocenters. The number of hydrogen-bond acceptors (Lipinski definition) is 3. The van der Waals surface area contributed by atoms with Crippen molar-refractivity contribution in [3.63, 3.8) is 0 Å². The number of H-pyrrole nitrogens is 1. The summed E-state index contributed by atoms with van der Waals surface area (Å²) in [5.41, 5.74) is 1.94. The summed E-state index contributed by atoms with van der Waals surface area (Å²) in [6.07, 6.45) is 1.50. The van der Waals surface area contributed by atoms with Gasteiger partial charge in [-0.05, 0) is 44.2 Å². The highest BCUT2D eigenvalue weighted by molar-refractivity contribution is 6.05. The number of Topliss-reactive ketones (excluding diaryl/α,β-unsaturated/α-hetero) is 2. The first kappa shape index (κ1) is 13.7. The summed E-state index contributed by atoms with van der Waals surface area (Å²) in [5, 5.41) is 2.68. The molecule has 0 spiro atoms. The minimum Gasteiger partial charge on any atom is -0.356 e. The molecule has 20 heavy (non-hydrogen) atoms. The lowest BCUT2D eigenvalue weighted by Gasteiger charge is -2.04. The fraction of sp³-hybridized carbons (Fsp3) is 0.133. The third-order valence-electron chi connectivity index (χ3n) is 2.88. The van der Waals surface area contributed by atoms with Crippen LogP contribution < -0.4 is 5.32 Å². The van der Waals surface area contributed by atoms with Gasteiger partial charge in [-0.3, -0.25) is 14.4 Å². The Kier molecular flexibility index (Phi) is 3.79. The second-order valence-corrected chi connectivity index (χ2v) is 4.45. The van der Waals surface area contributed by atoms with E-state index in [0.29, 0.717) is 22.5 Å². The summed E-state index contributed by atoms with van der Waals surface area (Å²) in [6, 6.07) is 8.11. The van der Waals surface area contributed by atoms with Crippen LogP contribution >= 0.6 is 0 Å². The Bertz CT molecular complexity index is 669. The summed E-state index contributed by atoms with van der Waals surface area (Å²) in [5.74, 6) is -0.475. The van der Waals surface area contributed by atoms with E-state index >= 15 is 0 Å². The molecular weight excluding hydrogens is 256 g/mol. The molecule has 102 valence electrons. The molecule has 0 radical (unpaired) electrons. The van der Waals surface area contributed by atoms with E-state index < -0.39 is 0 Å². The number of benzene rings is 1. The third kappa shape index (κ3) is 3.00. The fourth-order valence-corrected chi connectivity index (χ4v) is 1.72. The number of aromatic amines is 1. The molecule has 0 aliphatic rings. The third-order valence-corrected chi connectivity index (χ3v) is 2.88. The number of ketones is 2. The summed E-state index contributed by atoms with van der Waals surface area (Å²) >= 11 is 0. The lowest BCUT2D eigenvalue weighted by molar-refractivity contribution is 0.100. The predicted molar refractivity (Wildman–Crippen MR) is 75.2 cm³/mol. The van der Waals surface area contributed by atoms with Crippen LogP contribution in [0, 0.1) is 0 Å². The molecule has 2 aromatic rings. The van der Waals surface area contributed by atoms with Crippen molar-refractivity contribution in [2.75, 3.05) is 5.32 Å². The Hall–Kier alpha value is -2.69. The van der Waals surface area contributed by atoms with Crippen molar-refractivity contribution < 1.29 is 14.4 Å². The number of aromatic nitrogens is 1. The van der Waals surface area contributed by atoms with E-state index in [1.165, 1.54) is 26.1 Å². The van der Waals surface area contributed by atoms with Crippen LogP contribution in [0.15, 0.2) is 36.5 Å². The molecule has 0 atom stereocenters. The molecule has 0 saturated carbocycles. The molecule has 5 heteroatoms. The van der Waals surface area contributed by atoms with E-state index in [0.717, 1.165) is 0 Å². The zero-order valence-electron chi connectivity index (χ0n) is 11.2. The van der Waals surface area contributed by atoms with Gasteiger partial charge in [-0.2, -0.15) is 0 Å². The van der Waals surface area contributed by atoms with E-state index in [1.807, 2.05) is 0 Å². The van der Waals surface area contributed by atoms with Crippen LogP contribution in [0.1, 0.15) is 45.1 Å². The first-order valence-electron chi connectivity index (χ1n) is 6.09. The average molecular weight is 270 g/mol.